The van der Waals surface area contributed by atoms with Gasteiger partial charge in [-0.3, -0.25) is 4.79 Å². The van der Waals surface area contributed by atoms with E-state index >= 15 is 0 Å². The van der Waals surface area contributed by atoms with E-state index in [9.17, 15) is 4.79 Å². The molecule has 0 heterocycles. The van der Waals surface area contributed by atoms with Gasteiger partial charge in [-0.2, -0.15) is 5.10 Å². The van der Waals surface area contributed by atoms with Crippen LogP contribution in [-0.2, 0) is 4.79 Å². The second-order valence-corrected chi connectivity index (χ2v) is 6.47. The number of nitrogens with zero attached hydrogens (tertiary/aromatic N) is 1. The fourth-order valence-electron chi connectivity index (χ4n) is 2.04. The number of ether oxygens (including phenoxy) is 3. The van der Waals surface area contributed by atoms with Crippen LogP contribution < -0.4 is 19.6 Å². The van der Waals surface area contributed by atoms with Gasteiger partial charge in [-0.1, -0.05) is 11.6 Å². The summed E-state index contributed by atoms with van der Waals surface area (Å²) < 4.78 is 15.8. The molecule has 8 heteroatoms. The fraction of sp³-hybridized carbons (Fsp3) is 0.222. The topological polar surface area (TPSA) is 69.2 Å². The lowest BCUT2D eigenvalue weighted by molar-refractivity contribution is -0.118. The molecule has 6 nitrogen and oxygen atoms in total. The molecule has 0 fully saturated rings. The lowest BCUT2D eigenvalue weighted by atomic mass is 10.2. The molecule has 2 aromatic carbocycles. The van der Waals surface area contributed by atoms with E-state index in [2.05, 4.69) is 10.5 Å². The highest BCUT2D eigenvalue weighted by molar-refractivity contribution is 8.00. The number of rotatable bonds is 8. The van der Waals surface area contributed by atoms with Gasteiger partial charge in [0.05, 0.1) is 33.3 Å². The van der Waals surface area contributed by atoms with Gasteiger partial charge in [0, 0.05) is 21.5 Å². The standard InChI is InChI=1S/C18H19ClN2O4S/c1-23-15-9-17(25-3)16(24-2)8-12(15)10-20-21-18(22)11-26-14-6-4-13(19)5-7-14/h4-10H,11H2,1-3H3,(H,21,22). The van der Waals surface area contributed by atoms with Crippen LogP contribution in [0.2, 0.25) is 5.02 Å². The molecule has 26 heavy (non-hydrogen) atoms. The van der Waals surface area contributed by atoms with Crippen LogP contribution in [0, 0.1) is 0 Å². The maximum Gasteiger partial charge on any atom is 0.250 e. The van der Waals surface area contributed by atoms with Crippen LogP contribution in [0.1, 0.15) is 5.56 Å². The largest absolute Gasteiger partial charge is 0.496 e. The highest BCUT2D eigenvalue weighted by Crippen LogP contribution is 2.33. The SMILES string of the molecule is COc1cc(OC)c(OC)cc1C=NNC(=O)CSc1ccc(Cl)cc1. The van der Waals surface area contributed by atoms with E-state index in [4.69, 9.17) is 25.8 Å². The molecule has 0 unspecified atom stereocenters. The minimum Gasteiger partial charge on any atom is -0.496 e. The van der Waals surface area contributed by atoms with E-state index in [0.717, 1.165) is 4.90 Å². The highest BCUT2D eigenvalue weighted by atomic mass is 35.5. The van der Waals surface area contributed by atoms with Crippen LogP contribution in [0.25, 0.3) is 0 Å². The lowest BCUT2D eigenvalue weighted by Gasteiger charge is -2.11. The van der Waals surface area contributed by atoms with E-state index < -0.39 is 0 Å². The molecule has 2 rings (SSSR count). The van der Waals surface area contributed by atoms with E-state index in [1.165, 1.54) is 18.0 Å². The summed E-state index contributed by atoms with van der Waals surface area (Å²) in [5.74, 6) is 1.66. The van der Waals surface area contributed by atoms with Crippen molar-refractivity contribution in [1.29, 1.82) is 0 Å². The number of nitrogens with one attached hydrogen (secondary N) is 1. The van der Waals surface area contributed by atoms with E-state index in [1.807, 2.05) is 12.1 Å². The van der Waals surface area contributed by atoms with Crippen LogP contribution in [0.5, 0.6) is 17.2 Å². The quantitative estimate of drug-likeness (QED) is 0.421. The van der Waals surface area contributed by atoms with Gasteiger partial charge in [0.1, 0.15) is 5.75 Å². The van der Waals surface area contributed by atoms with Crippen molar-refractivity contribution < 1.29 is 19.0 Å². The first-order chi connectivity index (χ1) is 12.6. The van der Waals surface area contributed by atoms with Crippen molar-refractivity contribution in [3.05, 3.63) is 47.0 Å². The molecule has 0 aromatic heterocycles. The zero-order valence-electron chi connectivity index (χ0n) is 14.6. The second kappa shape index (κ2) is 9.94. The molecule has 0 saturated heterocycles. The molecule has 0 saturated carbocycles. The molecule has 2 aromatic rings. The number of halogens is 1. The second-order valence-electron chi connectivity index (χ2n) is 4.98. The number of methoxy groups -OCH3 is 3. The summed E-state index contributed by atoms with van der Waals surface area (Å²) in [5, 5.41) is 4.63. The Balaban J connectivity index is 1.96. The molecule has 1 amide bonds. The molecule has 0 bridgehead atoms. The average Bonchev–Trinajstić information content (AvgIpc) is 2.67. The Morgan fingerprint density at radius 2 is 1.69 bits per heavy atom. The van der Waals surface area contributed by atoms with Gasteiger partial charge < -0.3 is 14.2 Å². The first kappa shape index (κ1) is 19.9. The van der Waals surface area contributed by atoms with E-state index in [1.54, 1.807) is 45.6 Å². The maximum absolute atomic E-state index is 11.9. The molecule has 138 valence electrons. The first-order valence-corrected chi connectivity index (χ1v) is 8.94. The Kier molecular flexibility index (Phi) is 7.62. The highest BCUT2D eigenvalue weighted by Gasteiger charge is 2.10. The van der Waals surface area contributed by atoms with Crippen molar-refractivity contribution in [2.75, 3.05) is 27.1 Å². The molecule has 0 spiro atoms. The van der Waals surface area contributed by atoms with Crippen LogP contribution in [0.4, 0.5) is 0 Å². The molecule has 0 aliphatic heterocycles. The van der Waals surface area contributed by atoms with Gasteiger partial charge in [0.15, 0.2) is 11.5 Å². The smallest absolute Gasteiger partial charge is 0.250 e. The van der Waals surface area contributed by atoms with Crippen LogP contribution in [-0.4, -0.2) is 39.2 Å². The zero-order chi connectivity index (χ0) is 18.9. The number of hydrogen-bond donors (Lipinski definition) is 1. The Labute approximate surface area is 161 Å². The number of thioether (sulfide) groups is 1. The van der Waals surface area contributed by atoms with Crippen LogP contribution >= 0.6 is 23.4 Å². The van der Waals surface area contributed by atoms with Crippen molar-refractivity contribution in [3.63, 3.8) is 0 Å². The van der Waals surface area contributed by atoms with Gasteiger partial charge in [-0.05, 0) is 30.3 Å². The van der Waals surface area contributed by atoms with Gasteiger partial charge in [-0.25, -0.2) is 5.43 Å². The Morgan fingerprint density at radius 1 is 1.08 bits per heavy atom. The monoisotopic (exact) mass is 394 g/mol. The predicted octanol–water partition coefficient (Wildman–Crippen LogP) is 3.61. The maximum atomic E-state index is 11.9. The third-order valence-corrected chi connectivity index (χ3v) is 4.58. The van der Waals surface area contributed by atoms with Crippen molar-refractivity contribution in [2.45, 2.75) is 4.90 Å². The summed E-state index contributed by atoms with van der Waals surface area (Å²) in [6.07, 6.45) is 1.49. The van der Waals surface area contributed by atoms with Crippen LogP contribution in [0.15, 0.2) is 46.4 Å². The van der Waals surface area contributed by atoms with Crippen molar-refractivity contribution in [1.82, 2.24) is 5.43 Å². The third kappa shape index (κ3) is 5.57. The predicted molar refractivity (Wildman–Crippen MR) is 104 cm³/mol. The number of carbonyl (C=O) groups excluding carboxylic acids is 1. The molecular weight excluding hydrogens is 376 g/mol. The molecule has 1 N–H and O–H groups in total. The summed E-state index contributed by atoms with van der Waals surface area (Å²) >= 11 is 7.23. The normalized spacial score (nSPS) is 10.6. The Hall–Kier alpha value is -2.38. The van der Waals surface area contributed by atoms with Gasteiger partial charge >= 0.3 is 0 Å². The molecule has 0 aliphatic carbocycles. The summed E-state index contributed by atoms with van der Waals surface area (Å²) in [6, 6.07) is 10.7. The number of carbonyl (C=O) groups is 1. The molecule has 0 atom stereocenters. The number of amides is 1. The summed E-state index contributed by atoms with van der Waals surface area (Å²) in [6.45, 7) is 0. The molecule has 0 radical (unpaired) electrons. The Morgan fingerprint density at radius 3 is 2.31 bits per heavy atom. The Bertz CT molecular complexity index is 782. The van der Waals surface area contributed by atoms with Crippen molar-refractivity contribution in [2.24, 2.45) is 5.10 Å². The van der Waals surface area contributed by atoms with Gasteiger partial charge in [0.2, 0.25) is 5.91 Å². The molecular formula is C18H19ClN2O4S. The van der Waals surface area contributed by atoms with Gasteiger partial charge in [-0.15, -0.1) is 11.8 Å². The lowest BCUT2D eigenvalue weighted by Crippen LogP contribution is -2.19. The van der Waals surface area contributed by atoms with Gasteiger partial charge in [0.25, 0.3) is 0 Å². The minimum absolute atomic E-state index is 0.222. The summed E-state index contributed by atoms with van der Waals surface area (Å²) in [4.78, 5) is 12.9. The van der Waals surface area contributed by atoms with E-state index in [0.29, 0.717) is 27.8 Å². The zero-order valence-corrected chi connectivity index (χ0v) is 16.2. The minimum atomic E-state index is -0.222. The van der Waals surface area contributed by atoms with Crippen molar-refractivity contribution >= 4 is 35.5 Å². The average molecular weight is 395 g/mol. The van der Waals surface area contributed by atoms with Crippen molar-refractivity contribution in [3.8, 4) is 17.2 Å². The summed E-state index contributed by atoms with van der Waals surface area (Å²) in [7, 11) is 4.63. The number of benzene rings is 2. The van der Waals surface area contributed by atoms with E-state index in [-0.39, 0.29) is 11.7 Å². The fourth-order valence-corrected chi connectivity index (χ4v) is 2.86. The first-order valence-electron chi connectivity index (χ1n) is 7.57. The number of hydrogen-bond acceptors (Lipinski definition) is 6. The molecule has 0 aliphatic rings. The number of hydrazone groups is 1. The van der Waals surface area contributed by atoms with Crippen LogP contribution in [0.3, 0.4) is 0 Å². The third-order valence-electron chi connectivity index (χ3n) is 3.31. The summed E-state index contributed by atoms with van der Waals surface area (Å²) in [5.41, 5.74) is 3.14.